The number of nitrogens with zero attached hydrogens (tertiary/aromatic N) is 1. The molecule has 0 aromatic heterocycles. The molecule has 1 aromatic rings. The number of benzene rings is 1. The van der Waals surface area contributed by atoms with E-state index in [4.69, 9.17) is 0 Å². The molecule has 0 heterocycles. The minimum atomic E-state index is 0.180. The monoisotopic (exact) mass is 234 g/mol. The summed E-state index contributed by atoms with van der Waals surface area (Å²) in [5.41, 5.74) is 2.18. The predicted octanol–water partition coefficient (Wildman–Crippen LogP) is 2.35. The van der Waals surface area contributed by atoms with Crippen LogP contribution in [0.25, 0.3) is 0 Å². The Labute approximate surface area is 104 Å². The zero-order valence-corrected chi connectivity index (χ0v) is 11.0. The van der Waals surface area contributed by atoms with Crippen molar-refractivity contribution in [2.75, 3.05) is 24.5 Å². The van der Waals surface area contributed by atoms with Gasteiger partial charge in [0.15, 0.2) is 0 Å². The number of carbonyl (C=O) groups is 1. The molecule has 0 unspecified atom stereocenters. The van der Waals surface area contributed by atoms with Gasteiger partial charge in [-0.2, -0.15) is 0 Å². The number of carbonyl (C=O) groups excluding carboxylic acids is 1. The molecule has 1 amide bonds. The van der Waals surface area contributed by atoms with Gasteiger partial charge in [-0.3, -0.25) is 4.79 Å². The van der Waals surface area contributed by atoms with Gasteiger partial charge >= 0.3 is 0 Å². The third-order valence-corrected chi connectivity index (χ3v) is 2.70. The first kappa shape index (κ1) is 13.7. The van der Waals surface area contributed by atoms with Crippen molar-refractivity contribution in [3.05, 3.63) is 29.8 Å². The Kier molecular flexibility index (Phi) is 5.70. The van der Waals surface area contributed by atoms with Crippen LogP contribution in [0.3, 0.4) is 0 Å². The highest BCUT2D eigenvalue weighted by atomic mass is 16.2. The van der Waals surface area contributed by atoms with Gasteiger partial charge in [0, 0.05) is 25.2 Å². The highest BCUT2D eigenvalue weighted by Gasteiger charge is 2.12. The van der Waals surface area contributed by atoms with Gasteiger partial charge in [0.1, 0.15) is 0 Å². The van der Waals surface area contributed by atoms with Crippen LogP contribution in [-0.2, 0) is 4.79 Å². The molecule has 1 rings (SSSR count). The first-order chi connectivity index (χ1) is 8.19. The Morgan fingerprint density at radius 2 is 2.12 bits per heavy atom. The Balaban J connectivity index is 2.67. The third-order valence-electron chi connectivity index (χ3n) is 2.70. The summed E-state index contributed by atoms with van der Waals surface area (Å²) in [6.45, 7) is 8.46. The maximum absolute atomic E-state index is 12.0. The zero-order chi connectivity index (χ0) is 12.7. The van der Waals surface area contributed by atoms with Crippen molar-refractivity contribution in [1.29, 1.82) is 0 Å². The van der Waals surface area contributed by atoms with Crippen molar-refractivity contribution in [3.8, 4) is 0 Å². The van der Waals surface area contributed by atoms with Crippen LogP contribution < -0.4 is 10.2 Å². The second kappa shape index (κ2) is 7.07. The standard InChI is InChI=1S/C14H22N2O/c1-4-15-10-9-14(17)16(5-2)13-8-6-7-12(3)11-13/h6-8,11,15H,4-5,9-10H2,1-3H3. The summed E-state index contributed by atoms with van der Waals surface area (Å²) in [5, 5.41) is 3.17. The number of hydrogen-bond acceptors (Lipinski definition) is 2. The Hall–Kier alpha value is -1.35. The van der Waals surface area contributed by atoms with Gasteiger partial charge in [0.2, 0.25) is 5.91 Å². The van der Waals surface area contributed by atoms with Crippen molar-refractivity contribution >= 4 is 11.6 Å². The number of nitrogens with one attached hydrogen (secondary N) is 1. The molecule has 1 aromatic carbocycles. The van der Waals surface area contributed by atoms with E-state index in [1.54, 1.807) is 0 Å². The lowest BCUT2D eigenvalue weighted by atomic mass is 10.2. The summed E-state index contributed by atoms with van der Waals surface area (Å²) in [6, 6.07) is 8.07. The number of rotatable bonds is 6. The molecule has 3 heteroatoms. The number of amides is 1. The SMILES string of the molecule is CCNCCC(=O)N(CC)c1cccc(C)c1. The second-order valence-electron chi connectivity index (χ2n) is 4.08. The van der Waals surface area contributed by atoms with Crippen LogP contribution in [0.1, 0.15) is 25.8 Å². The van der Waals surface area contributed by atoms with E-state index in [1.807, 2.05) is 43.9 Å². The Bertz CT molecular complexity index is 363. The molecule has 0 spiro atoms. The summed E-state index contributed by atoms with van der Waals surface area (Å²) in [6.07, 6.45) is 0.551. The average molecular weight is 234 g/mol. The fraction of sp³-hybridized carbons (Fsp3) is 0.500. The molecule has 0 radical (unpaired) electrons. The molecule has 0 bridgehead atoms. The van der Waals surface area contributed by atoms with Gasteiger partial charge in [-0.1, -0.05) is 19.1 Å². The molecule has 0 aliphatic rings. The second-order valence-corrected chi connectivity index (χ2v) is 4.08. The van der Waals surface area contributed by atoms with Crippen molar-refractivity contribution < 1.29 is 4.79 Å². The van der Waals surface area contributed by atoms with Crippen LogP contribution >= 0.6 is 0 Å². The maximum Gasteiger partial charge on any atom is 0.228 e. The molecular formula is C14H22N2O. The van der Waals surface area contributed by atoms with Crippen LogP contribution in [0.5, 0.6) is 0 Å². The number of anilines is 1. The van der Waals surface area contributed by atoms with Crippen molar-refractivity contribution in [1.82, 2.24) is 5.32 Å². The maximum atomic E-state index is 12.0. The fourth-order valence-corrected chi connectivity index (χ4v) is 1.81. The molecule has 1 N–H and O–H groups in total. The highest BCUT2D eigenvalue weighted by molar-refractivity contribution is 5.93. The van der Waals surface area contributed by atoms with E-state index in [2.05, 4.69) is 11.4 Å². The molecule has 94 valence electrons. The highest BCUT2D eigenvalue weighted by Crippen LogP contribution is 2.16. The lowest BCUT2D eigenvalue weighted by Crippen LogP contribution is -2.33. The van der Waals surface area contributed by atoms with E-state index in [0.29, 0.717) is 13.0 Å². The Morgan fingerprint density at radius 1 is 1.35 bits per heavy atom. The van der Waals surface area contributed by atoms with E-state index in [-0.39, 0.29) is 5.91 Å². The minimum Gasteiger partial charge on any atom is -0.316 e. The molecule has 0 aliphatic carbocycles. The lowest BCUT2D eigenvalue weighted by molar-refractivity contribution is -0.118. The van der Waals surface area contributed by atoms with Crippen LogP contribution in [0.4, 0.5) is 5.69 Å². The normalized spacial score (nSPS) is 10.3. The van der Waals surface area contributed by atoms with E-state index in [0.717, 1.165) is 18.8 Å². The van der Waals surface area contributed by atoms with Crippen molar-refractivity contribution in [2.45, 2.75) is 27.2 Å². The molecule has 3 nitrogen and oxygen atoms in total. The van der Waals surface area contributed by atoms with Crippen LogP contribution in [0.2, 0.25) is 0 Å². The van der Waals surface area contributed by atoms with Gasteiger partial charge in [0.05, 0.1) is 0 Å². The van der Waals surface area contributed by atoms with Crippen molar-refractivity contribution in [3.63, 3.8) is 0 Å². The average Bonchev–Trinajstić information content (AvgIpc) is 2.30. The van der Waals surface area contributed by atoms with Crippen LogP contribution in [0, 0.1) is 6.92 Å². The minimum absolute atomic E-state index is 0.180. The molecule has 0 atom stereocenters. The first-order valence-electron chi connectivity index (χ1n) is 6.26. The molecule has 0 saturated carbocycles. The van der Waals surface area contributed by atoms with E-state index >= 15 is 0 Å². The van der Waals surface area contributed by atoms with E-state index < -0.39 is 0 Å². The smallest absolute Gasteiger partial charge is 0.228 e. The van der Waals surface area contributed by atoms with Gasteiger partial charge in [-0.25, -0.2) is 0 Å². The largest absolute Gasteiger partial charge is 0.316 e. The van der Waals surface area contributed by atoms with Gasteiger partial charge < -0.3 is 10.2 Å². The number of aryl methyl sites for hydroxylation is 1. The summed E-state index contributed by atoms with van der Waals surface area (Å²) in [7, 11) is 0. The van der Waals surface area contributed by atoms with E-state index in [1.165, 1.54) is 5.56 Å². The molecule has 0 fully saturated rings. The molecule has 0 saturated heterocycles. The predicted molar refractivity (Wildman–Crippen MR) is 72.4 cm³/mol. The van der Waals surface area contributed by atoms with Gasteiger partial charge in [-0.05, 0) is 38.1 Å². The zero-order valence-electron chi connectivity index (χ0n) is 11.0. The quantitative estimate of drug-likeness (QED) is 0.766. The topological polar surface area (TPSA) is 32.3 Å². The molecular weight excluding hydrogens is 212 g/mol. The van der Waals surface area contributed by atoms with E-state index in [9.17, 15) is 4.79 Å². The summed E-state index contributed by atoms with van der Waals surface area (Å²) in [5.74, 6) is 0.180. The first-order valence-corrected chi connectivity index (χ1v) is 6.26. The summed E-state index contributed by atoms with van der Waals surface area (Å²) < 4.78 is 0. The summed E-state index contributed by atoms with van der Waals surface area (Å²) >= 11 is 0. The van der Waals surface area contributed by atoms with Gasteiger partial charge in [-0.15, -0.1) is 0 Å². The van der Waals surface area contributed by atoms with Crippen molar-refractivity contribution in [2.24, 2.45) is 0 Å². The Morgan fingerprint density at radius 3 is 2.71 bits per heavy atom. The van der Waals surface area contributed by atoms with Crippen LogP contribution in [0.15, 0.2) is 24.3 Å². The molecule has 0 aliphatic heterocycles. The van der Waals surface area contributed by atoms with Gasteiger partial charge in [0.25, 0.3) is 0 Å². The lowest BCUT2D eigenvalue weighted by Gasteiger charge is -2.21. The fourth-order valence-electron chi connectivity index (χ4n) is 1.81. The number of hydrogen-bond donors (Lipinski definition) is 1. The molecule has 17 heavy (non-hydrogen) atoms. The third kappa shape index (κ3) is 4.19. The van der Waals surface area contributed by atoms with Crippen LogP contribution in [-0.4, -0.2) is 25.5 Å². The summed E-state index contributed by atoms with van der Waals surface area (Å²) in [4.78, 5) is 13.9.